The Balaban J connectivity index is 2.13. The monoisotopic (exact) mass is 245 g/mol. The van der Waals surface area contributed by atoms with Crippen LogP contribution < -0.4 is 0 Å². The van der Waals surface area contributed by atoms with Gasteiger partial charge in [-0.15, -0.1) is 0 Å². The van der Waals surface area contributed by atoms with Crippen molar-refractivity contribution < 1.29 is 4.42 Å². The lowest BCUT2D eigenvalue weighted by Gasteiger charge is -2.01. The Morgan fingerprint density at radius 3 is 2.42 bits per heavy atom. The average molecular weight is 245 g/mol. The molecule has 0 unspecified atom stereocenters. The predicted molar refractivity (Wildman–Crippen MR) is 77.0 cm³/mol. The highest BCUT2D eigenvalue weighted by Crippen LogP contribution is 2.35. The van der Waals surface area contributed by atoms with Gasteiger partial charge in [0.25, 0.3) is 0 Å². The van der Waals surface area contributed by atoms with Crippen LogP contribution in [-0.2, 0) is 0 Å². The smallest absolute Gasteiger partial charge is 0.143 e. The van der Waals surface area contributed by atoms with Crippen LogP contribution in [0.1, 0.15) is 0 Å². The number of rotatable bonds is 1. The maximum Gasteiger partial charge on any atom is 0.143 e. The minimum absolute atomic E-state index is 0.930. The van der Waals surface area contributed by atoms with Crippen LogP contribution in [0.25, 0.3) is 33.1 Å². The van der Waals surface area contributed by atoms with Crippen LogP contribution >= 0.6 is 0 Å². The van der Waals surface area contributed by atoms with Crippen molar-refractivity contribution in [2.75, 3.05) is 0 Å². The van der Waals surface area contributed by atoms with Gasteiger partial charge >= 0.3 is 0 Å². The van der Waals surface area contributed by atoms with E-state index in [1.54, 1.807) is 12.4 Å². The highest BCUT2D eigenvalue weighted by Gasteiger charge is 2.10. The van der Waals surface area contributed by atoms with Crippen LogP contribution in [0.2, 0.25) is 0 Å². The number of furan rings is 1. The Labute approximate surface area is 110 Å². The molecule has 2 aromatic carbocycles. The number of benzene rings is 2. The van der Waals surface area contributed by atoms with Gasteiger partial charge in [0.05, 0.1) is 0 Å². The first-order valence-corrected chi connectivity index (χ1v) is 6.24. The number of pyridine rings is 1. The van der Waals surface area contributed by atoms with E-state index in [9.17, 15) is 0 Å². The second-order valence-corrected chi connectivity index (χ2v) is 4.52. The summed E-state index contributed by atoms with van der Waals surface area (Å²) >= 11 is 0. The van der Waals surface area contributed by atoms with E-state index < -0.39 is 0 Å². The first-order chi connectivity index (χ1) is 9.43. The molecule has 2 nitrogen and oxygen atoms in total. The Kier molecular flexibility index (Phi) is 2.15. The van der Waals surface area contributed by atoms with Crippen molar-refractivity contribution in [2.24, 2.45) is 0 Å². The lowest BCUT2D eigenvalue weighted by Crippen LogP contribution is -1.78. The lowest BCUT2D eigenvalue weighted by atomic mass is 10.0. The molecule has 0 aliphatic rings. The van der Waals surface area contributed by atoms with Gasteiger partial charge in [-0.05, 0) is 23.8 Å². The molecule has 0 aliphatic heterocycles. The molecule has 0 bridgehead atoms. The average Bonchev–Trinajstić information content (AvgIpc) is 2.87. The third-order valence-corrected chi connectivity index (χ3v) is 3.40. The molecule has 0 fully saturated rings. The van der Waals surface area contributed by atoms with Gasteiger partial charge in [-0.25, -0.2) is 0 Å². The molecule has 4 rings (SSSR count). The van der Waals surface area contributed by atoms with Crippen molar-refractivity contribution in [3.05, 3.63) is 67.0 Å². The number of para-hydroxylation sites is 2. The second-order valence-electron chi connectivity index (χ2n) is 4.52. The highest BCUT2D eigenvalue weighted by molar-refractivity contribution is 6.09. The van der Waals surface area contributed by atoms with Crippen LogP contribution in [0, 0.1) is 0 Å². The Morgan fingerprint density at radius 2 is 1.53 bits per heavy atom. The summed E-state index contributed by atoms with van der Waals surface area (Å²) in [5.41, 5.74) is 4.10. The minimum atomic E-state index is 0.930. The molecule has 90 valence electrons. The summed E-state index contributed by atoms with van der Waals surface area (Å²) in [4.78, 5) is 4.06. The van der Waals surface area contributed by atoms with E-state index in [1.165, 1.54) is 0 Å². The molecule has 0 radical (unpaired) electrons. The summed E-state index contributed by atoms with van der Waals surface area (Å²) in [6.45, 7) is 0. The maximum atomic E-state index is 6.02. The van der Waals surface area contributed by atoms with Crippen LogP contribution in [-0.4, -0.2) is 4.98 Å². The second kappa shape index (κ2) is 3.95. The zero-order valence-corrected chi connectivity index (χ0v) is 10.2. The normalized spacial score (nSPS) is 11.2. The van der Waals surface area contributed by atoms with E-state index in [0.29, 0.717) is 0 Å². The summed E-state index contributed by atoms with van der Waals surface area (Å²) < 4.78 is 6.02. The van der Waals surface area contributed by atoms with Crippen molar-refractivity contribution >= 4 is 21.9 Å². The molecule has 19 heavy (non-hydrogen) atoms. The first-order valence-electron chi connectivity index (χ1n) is 6.24. The zero-order chi connectivity index (χ0) is 12.7. The quantitative estimate of drug-likeness (QED) is 0.488. The summed E-state index contributed by atoms with van der Waals surface area (Å²) in [6.07, 6.45) is 3.60. The number of aromatic nitrogens is 1. The van der Waals surface area contributed by atoms with E-state index in [1.807, 2.05) is 30.3 Å². The Morgan fingerprint density at radius 1 is 0.737 bits per heavy atom. The van der Waals surface area contributed by atoms with Crippen molar-refractivity contribution in [3.63, 3.8) is 0 Å². The molecule has 0 spiro atoms. The van der Waals surface area contributed by atoms with Crippen LogP contribution in [0.15, 0.2) is 71.4 Å². The van der Waals surface area contributed by atoms with Gasteiger partial charge in [0.15, 0.2) is 0 Å². The summed E-state index contributed by atoms with van der Waals surface area (Å²) in [5.74, 6) is 0. The molecule has 0 N–H and O–H groups in total. The Bertz CT molecular complexity index is 862. The highest BCUT2D eigenvalue weighted by atomic mass is 16.3. The van der Waals surface area contributed by atoms with Gasteiger partial charge in [0.2, 0.25) is 0 Å². The van der Waals surface area contributed by atoms with Gasteiger partial charge < -0.3 is 4.42 Å². The maximum absolute atomic E-state index is 6.02. The third-order valence-electron chi connectivity index (χ3n) is 3.40. The largest absolute Gasteiger partial charge is 0.455 e. The van der Waals surface area contributed by atoms with E-state index in [-0.39, 0.29) is 0 Å². The van der Waals surface area contributed by atoms with Crippen LogP contribution in [0.5, 0.6) is 0 Å². The summed E-state index contributed by atoms with van der Waals surface area (Å²) in [7, 11) is 0. The number of hydrogen-bond acceptors (Lipinski definition) is 2. The van der Waals surface area contributed by atoms with Crippen molar-refractivity contribution in [1.82, 2.24) is 4.98 Å². The molecule has 0 saturated carbocycles. The van der Waals surface area contributed by atoms with E-state index in [4.69, 9.17) is 4.42 Å². The molecule has 2 heterocycles. The van der Waals surface area contributed by atoms with Crippen LogP contribution in [0.4, 0.5) is 0 Å². The van der Waals surface area contributed by atoms with Gasteiger partial charge in [0.1, 0.15) is 11.2 Å². The molecule has 4 aromatic rings. The van der Waals surface area contributed by atoms with E-state index >= 15 is 0 Å². The fraction of sp³-hybridized carbons (Fsp3) is 0. The standard InChI is InChI=1S/C17H11NO/c1-2-7-16-14(4-1)15-6-3-5-13(17(15)19-16)12-8-10-18-11-9-12/h1-11H. The number of hydrogen-bond donors (Lipinski definition) is 0. The number of fused-ring (bicyclic) bond motifs is 3. The third kappa shape index (κ3) is 1.54. The molecule has 0 atom stereocenters. The topological polar surface area (TPSA) is 26.0 Å². The molecular formula is C17H11NO. The number of nitrogens with zero attached hydrogens (tertiary/aromatic N) is 1. The van der Waals surface area contributed by atoms with Crippen molar-refractivity contribution in [2.45, 2.75) is 0 Å². The molecule has 0 aliphatic carbocycles. The molecular weight excluding hydrogens is 234 g/mol. The SMILES string of the molecule is c1ccc2c(c1)oc1c(-c3ccncc3)cccc12. The molecule has 2 aromatic heterocycles. The van der Waals surface area contributed by atoms with Gasteiger partial charge in [-0.1, -0.05) is 36.4 Å². The fourth-order valence-electron chi connectivity index (χ4n) is 2.51. The molecule has 0 amide bonds. The van der Waals surface area contributed by atoms with Gasteiger partial charge in [-0.3, -0.25) is 4.98 Å². The van der Waals surface area contributed by atoms with Gasteiger partial charge in [-0.2, -0.15) is 0 Å². The lowest BCUT2D eigenvalue weighted by molar-refractivity contribution is 0.670. The summed E-state index contributed by atoms with van der Waals surface area (Å²) in [5, 5.41) is 2.32. The van der Waals surface area contributed by atoms with Crippen molar-refractivity contribution in [1.29, 1.82) is 0 Å². The molecule has 0 saturated heterocycles. The predicted octanol–water partition coefficient (Wildman–Crippen LogP) is 4.65. The minimum Gasteiger partial charge on any atom is -0.455 e. The molecule has 2 heteroatoms. The fourth-order valence-corrected chi connectivity index (χ4v) is 2.51. The summed E-state index contributed by atoms with van der Waals surface area (Å²) in [6, 6.07) is 18.4. The zero-order valence-electron chi connectivity index (χ0n) is 10.2. The van der Waals surface area contributed by atoms with E-state index in [0.717, 1.165) is 33.1 Å². The Hall–Kier alpha value is -2.61. The van der Waals surface area contributed by atoms with E-state index in [2.05, 4.69) is 29.2 Å². The van der Waals surface area contributed by atoms with Gasteiger partial charge in [0, 0.05) is 28.7 Å². The van der Waals surface area contributed by atoms with Crippen molar-refractivity contribution in [3.8, 4) is 11.1 Å². The first kappa shape index (κ1) is 10.3. The van der Waals surface area contributed by atoms with Crippen LogP contribution in [0.3, 0.4) is 0 Å².